The van der Waals surface area contributed by atoms with Crippen LogP contribution in [-0.4, -0.2) is 47.0 Å². The Morgan fingerprint density at radius 3 is 2.40 bits per heavy atom. The molecule has 2 aliphatic heterocycles. The van der Waals surface area contributed by atoms with Gasteiger partial charge >= 0.3 is 0 Å². The fraction of sp³-hybridized carbons (Fsp3) is 0.364. The number of nitrogens with zero attached hydrogens (tertiary/aromatic N) is 4. The van der Waals surface area contributed by atoms with E-state index < -0.39 is 0 Å². The molecule has 1 fully saturated rings. The second kappa shape index (κ2) is 8.83. The predicted octanol–water partition coefficient (Wildman–Crippen LogP) is 3.81. The number of hydrogen-bond acceptors (Lipinski definition) is 5. The molecule has 2 aromatic rings. The smallest absolute Gasteiger partial charge is 0.253 e. The van der Waals surface area contributed by atoms with Crippen LogP contribution in [0.25, 0.3) is 0 Å². The summed E-state index contributed by atoms with van der Waals surface area (Å²) in [7, 11) is 0. The summed E-state index contributed by atoms with van der Waals surface area (Å²) in [5, 5.41) is 9.80. The SMILES string of the molecule is CC1=NN(c2ccc(C(=O)N3CCC(C(=O)Nc4ccc(Cl)cn4)CC3)cc2)CC1. The van der Waals surface area contributed by atoms with Crippen LogP contribution in [0, 0.1) is 5.92 Å². The van der Waals surface area contributed by atoms with Crippen molar-refractivity contribution in [1.29, 1.82) is 0 Å². The highest BCUT2D eigenvalue weighted by Gasteiger charge is 2.28. The molecule has 7 nitrogen and oxygen atoms in total. The van der Waals surface area contributed by atoms with Crippen LogP contribution in [0.1, 0.15) is 36.5 Å². The van der Waals surface area contributed by atoms with Gasteiger partial charge in [0.1, 0.15) is 5.82 Å². The Morgan fingerprint density at radius 1 is 1.07 bits per heavy atom. The number of likely N-dealkylation sites (tertiary alicyclic amines) is 1. The lowest BCUT2D eigenvalue weighted by Crippen LogP contribution is -2.41. The monoisotopic (exact) mass is 425 g/mol. The van der Waals surface area contributed by atoms with Crippen LogP contribution in [0.3, 0.4) is 0 Å². The maximum atomic E-state index is 12.8. The van der Waals surface area contributed by atoms with E-state index in [0.29, 0.717) is 42.3 Å². The van der Waals surface area contributed by atoms with Gasteiger partial charge < -0.3 is 10.2 Å². The number of aromatic nitrogens is 1. The van der Waals surface area contributed by atoms with Crippen molar-refractivity contribution in [1.82, 2.24) is 9.88 Å². The van der Waals surface area contributed by atoms with Gasteiger partial charge in [0.2, 0.25) is 5.91 Å². The minimum atomic E-state index is -0.134. The number of hydrogen-bond donors (Lipinski definition) is 1. The standard InChI is InChI=1S/C22H24ClN5O2/c1-15-8-13-28(26-15)19-5-2-17(3-6-19)22(30)27-11-9-16(10-12-27)21(29)25-20-7-4-18(23)14-24-20/h2-7,14,16H,8-13H2,1H3,(H,24,25,29). The van der Waals surface area contributed by atoms with E-state index in [1.54, 1.807) is 12.1 Å². The first-order valence-electron chi connectivity index (χ1n) is 10.1. The highest BCUT2D eigenvalue weighted by atomic mass is 35.5. The molecule has 1 aromatic carbocycles. The summed E-state index contributed by atoms with van der Waals surface area (Å²) in [5.41, 5.74) is 2.77. The van der Waals surface area contributed by atoms with E-state index in [1.165, 1.54) is 6.20 Å². The number of amides is 2. The van der Waals surface area contributed by atoms with Gasteiger partial charge in [-0.15, -0.1) is 0 Å². The third-order valence-electron chi connectivity index (χ3n) is 5.52. The van der Waals surface area contributed by atoms with E-state index in [-0.39, 0.29) is 17.7 Å². The Hall–Kier alpha value is -2.93. The minimum absolute atomic E-state index is 0.000815. The Labute approximate surface area is 180 Å². The highest BCUT2D eigenvalue weighted by molar-refractivity contribution is 6.30. The van der Waals surface area contributed by atoms with Crippen molar-refractivity contribution in [2.45, 2.75) is 26.2 Å². The summed E-state index contributed by atoms with van der Waals surface area (Å²) < 4.78 is 0. The number of pyridine rings is 1. The molecule has 0 spiro atoms. The van der Waals surface area contributed by atoms with Crippen LogP contribution in [0.4, 0.5) is 11.5 Å². The van der Waals surface area contributed by atoms with Crippen molar-refractivity contribution in [2.75, 3.05) is 30.0 Å². The molecule has 2 amide bonds. The summed E-state index contributed by atoms with van der Waals surface area (Å²) in [5.74, 6) is 0.286. The lowest BCUT2D eigenvalue weighted by molar-refractivity contribution is -0.121. The zero-order valence-corrected chi connectivity index (χ0v) is 17.6. The summed E-state index contributed by atoms with van der Waals surface area (Å²) in [6.45, 7) is 4.01. The van der Waals surface area contributed by atoms with E-state index in [0.717, 1.165) is 24.4 Å². The number of benzene rings is 1. The predicted molar refractivity (Wildman–Crippen MR) is 118 cm³/mol. The molecule has 0 aliphatic carbocycles. The largest absolute Gasteiger partial charge is 0.339 e. The van der Waals surface area contributed by atoms with Gasteiger partial charge in [-0.2, -0.15) is 5.10 Å². The summed E-state index contributed by atoms with van der Waals surface area (Å²) in [6.07, 6.45) is 3.73. The van der Waals surface area contributed by atoms with Gasteiger partial charge in [-0.25, -0.2) is 4.98 Å². The molecule has 0 saturated carbocycles. The molecule has 0 atom stereocenters. The maximum Gasteiger partial charge on any atom is 0.253 e. The number of nitrogens with one attached hydrogen (secondary N) is 1. The molecule has 1 saturated heterocycles. The zero-order valence-electron chi connectivity index (χ0n) is 16.8. The molecule has 30 heavy (non-hydrogen) atoms. The van der Waals surface area contributed by atoms with Crippen molar-refractivity contribution in [3.05, 3.63) is 53.2 Å². The zero-order chi connectivity index (χ0) is 21.1. The van der Waals surface area contributed by atoms with Crippen molar-refractivity contribution in [2.24, 2.45) is 11.0 Å². The van der Waals surface area contributed by atoms with Crippen LogP contribution in [-0.2, 0) is 4.79 Å². The maximum absolute atomic E-state index is 12.8. The number of rotatable bonds is 4. The molecular formula is C22H24ClN5O2. The Balaban J connectivity index is 1.30. The van der Waals surface area contributed by atoms with Crippen LogP contribution < -0.4 is 10.3 Å². The first kappa shape index (κ1) is 20.3. The second-order valence-electron chi connectivity index (χ2n) is 7.67. The molecule has 0 unspecified atom stereocenters. The number of anilines is 2. The van der Waals surface area contributed by atoms with E-state index in [9.17, 15) is 9.59 Å². The second-order valence-corrected chi connectivity index (χ2v) is 8.11. The third kappa shape index (κ3) is 4.62. The van der Waals surface area contributed by atoms with Gasteiger partial charge in [0.15, 0.2) is 0 Å². The average Bonchev–Trinajstić information content (AvgIpc) is 3.21. The van der Waals surface area contributed by atoms with Crippen molar-refractivity contribution in [3.63, 3.8) is 0 Å². The van der Waals surface area contributed by atoms with Crippen molar-refractivity contribution in [3.8, 4) is 0 Å². The molecule has 0 radical (unpaired) electrons. The molecule has 1 aromatic heterocycles. The summed E-state index contributed by atoms with van der Waals surface area (Å²) in [6, 6.07) is 11.0. The van der Waals surface area contributed by atoms with Gasteiger partial charge in [-0.1, -0.05) is 11.6 Å². The van der Waals surface area contributed by atoms with Gasteiger partial charge in [-0.3, -0.25) is 14.6 Å². The van der Waals surface area contributed by atoms with E-state index in [2.05, 4.69) is 15.4 Å². The summed E-state index contributed by atoms with van der Waals surface area (Å²) >= 11 is 5.82. The molecule has 8 heteroatoms. The van der Waals surface area contributed by atoms with Crippen molar-refractivity contribution < 1.29 is 9.59 Å². The highest BCUT2D eigenvalue weighted by Crippen LogP contribution is 2.23. The fourth-order valence-corrected chi connectivity index (χ4v) is 3.85. The van der Waals surface area contributed by atoms with Crippen molar-refractivity contribution >= 4 is 40.6 Å². The first-order valence-corrected chi connectivity index (χ1v) is 10.5. The number of halogens is 1. The fourth-order valence-electron chi connectivity index (χ4n) is 3.74. The van der Waals surface area contributed by atoms with E-state index in [4.69, 9.17) is 11.6 Å². The quantitative estimate of drug-likeness (QED) is 0.807. The lowest BCUT2D eigenvalue weighted by Gasteiger charge is -2.31. The van der Waals surface area contributed by atoms with Gasteiger partial charge in [0.05, 0.1) is 10.7 Å². The molecule has 1 N–H and O–H groups in total. The third-order valence-corrected chi connectivity index (χ3v) is 5.74. The van der Waals surface area contributed by atoms with E-state index >= 15 is 0 Å². The van der Waals surface area contributed by atoms with E-state index in [1.807, 2.05) is 41.1 Å². The topological polar surface area (TPSA) is 77.9 Å². The summed E-state index contributed by atoms with van der Waals surface area (Å²) in [4.78, 5) is 31.2. The van der Waals surface area contributed by atoms with Gasteiger partial charge in [0, 0.05) is 49.4 Å². The lowest BCUT2D eigenvalue weighted by atomic mass is 9.95. The normalized spacial score (nSPS) is 17.1. The Kier molecular flexibility index (Phi) is 5.99. The first-order chi connectivity index (χ1) is 14.5. The number of carbonyl (C=O) groups is 2. The molecule has 3 heterocycles. The molecule has 4 rings (SSSR count). The number of piperidine rings is 1. The Bertz CT molecular complexity index is 950. The van der Waals surface area contributed by atoms with Crippen LogP contribution in [0.5, 0.6) is 0 Å². The molecule has 156 valence electrons. The van der Waals surface area contributed by atoms with Crippen LogP contribution in [0.2, 0.25) is 5.02 Å². The Morgan fingerprint density at radius 2 is 1.80 bits per heavy atom. The average molecular weight is 426 g/mol. The van der Waals surface area contributed by atoms with Gasteiger partial charge in [0.25, 0.3) is 5.91 Å². The van der Waals surface area contributed by atoms with Crippen LogP contribution >= 0.6 is 11.6 Å². The van der Waals surface area contributed by atoms with Gasteiger partial charge in [-0.05, 0) is 56.2 Å². The number of hydrazone groups is 1. The van der Waals surface area contributed by atoms with Crippen LogP contribution in [0.15, 0.2) is 47.7 Å². The number of carbonyl (C=O) groups excluding carboxylic acids is 2. The minimum Gasteiger partial charge on any atom is -0.339 e. The molecular weight excluding hydrogens is 402 g/mol. The molecule has 0 bridgehead atoms. The molecule has 2 aliphatic rings.